The van der Waals surface area contributed by atoms with Crippen molar-refractivity contribution in [3.8, 4) is 0 Å². The highest BCUT2D eigenvalue weighted by atomic mass is 15.3. The molecule has 2 aliphatic heterocycles. The van der Waals surface area contributed by atoms with Crippen LogP contribution in [0.4, 0.5) is 34.4 Å². The smallest absolute Gasteiger partial charge is 0.372 e. The summed E-state index contributed by atoms with van der Waals surface area (Å²) in [7, 11) is 4.12. The predicted molar refractivity (Wildman–Crippen MR) is 131 cm³/mol. The molecule has 6 rings (SSSR count). The van der Waals surface area contributed by atoms with E-state index in [1.165, 1.54) is 0 Å². The van der Waals surface area contributed by atoms with Gasteiger partial charge in [-0.3, -0.25) is 0 Å². The second-order valence-corrected chi connectivity index (χ2v) is 7.44. The Labute approximate surface area is 188 Å². The maximum absolute atomic E-state index is 4.52. The van der Waals surface area contributed by atoms with Crippen LogP contribution < -0.4 is 19.2 Å². The van der Waals surface area contributed by atoms with E-state index in [1.807, 2.05) is 60.9 Å². The van der Waals surface area contributed by atoms with Crippen LogP contribution in [0.3, 0.4) is 0 Å². The fraction of sp³-hybridized carbons (Fsp3) is 0. The van der Waals surface area contributed by atoms with Gasteiger partial charge in [-0.15, -0.1) is 0 Å². The molecule has 0 fully saturated rings. The lowest BCUT2D eigenvalue weighted by Crippen LogP contribution is -2.31. The summed E-state index contributed by atoms with van der Waals surface area (Å²) < 4.78 is 0. The van der Waals surface area contributed by atoms with Gasteiger partial charge in [0.25, 0.3) is 0 Å². The van der Waals surface area contributed by atoms with Gasteiger partial charge in [-0.2, -0.15) is 0 Å². The van der Waals surface area contributed by atoms with Crippen molar-refractivity contribution in [2.24, 2.45) is 0 Å². The lowest BCUT2D eigenvalue weighted by Gasteiger charge is -2.18. The molecule has 4 aromatic rings. The van der Waals surface area contributed by atoms with Gasteiger partial charge in [-0.1, -0.05) is 36.4 Å². The number of rotatable bonds is 4. The minimum atomic E-state index is 0.884. The topological polar surface area (TPSA) is 38.7 Å². The lowest BCUT2D eigenvalue weighted by molar-refractivity contribution is 1.25. The van der Waals surface area contributed by atoms with Crippen LogP contribution >= 0.6 is 0 Å². The monoisotopic (exact) mass is 412 g/mol. The number of anilines is 6. The molecule has 4 heterocycles. The minimum Gasteiger partial charge on any atom is -0.372 e. The Kier molecular flexibility index (Phi) is 4.53. The zero-order valence-electron chi connectivity index (χ0n) is 17.2. The third-order valence-corrected chi connectivity index (χ3v) is 5.50. The van der Waals surface area contributed by atoms with Crippen LogP contribution in [0.25, 0.3) is 0 Å². The number of nitrogens with zero attached hydrogens (tertiary/aromatic N) is 6. The largest absolute Gasteiger partial charge is 0.402 e. The van der Waals surface area contributed by atoms with Crippen molar-refractivity contribution in [3.05, 3.63) is 110 Å². The van der Waals surface area contributed by atoms with Gasteiger partial charge in [0.1, 0.15) is 11.6 Å². The Bertz CT molecular complexity index is 1170. The second-order valence-electron chi connectivity index (χ2n) is 7.44. The van der Waals surface area contributed by atoms with Crippen LogP contribution in [0.1, 0.15) is 0 Å². The van der Waals surface area contributed by atoms with E-state index in [2.05, 4.69) is 93.1 Å². The van der Waals surface area contributed by atoms with Crippen molar-refractivity contribution in [3.63, 3.8) is 0 Å². The number of hydrogen-bond donors (Lipinski definition) is 0. The van der Waals surface area contributed by atoms with Gasteiger partial charge in [-0.05, 0) is 48.5 Å². The number of pyridine rings is 2. The summed E-state index contributed by atoms with van der Waals surface area (Å²) >= 11 is 0. The molecule has 0 saturated heterocycles. The third kappa shape index (κ3) is 3.17. The van der Waals surface area contributed by atoms with Gasteiger partial charge in [0.15, 0.2) is 0 Å². The summed E-state index contributed by atoms with van der Waals surface area (Å²) in [5.74, 6) is 1.77. The average Bonchev–Trinajstić information content (AvgIpc) is 3.43. The molecule has 0 bridgehead atoms. The van der Waals surface area contributed by atoms with Gasteiger partial charge in [0.2, 0.25) is 0 Å². The summed E-state index contributed by atoms with van der Waals surface area (Å²) in [5.41, 5.74) is 4.39. The van der Waals surface area contributed by atoms with Crippen molar-refractivity contribution in [1.29, 1.82) is 0 Å². The van der Waals surface area contributed by atoms with E-state index in [0.29, 0.717) is 0 Å². The minimum absolute atomic E-state index is 0.884. The van der Waals surface area contributed by atoms with E-state index in [-0.39, 0.29) is 0 Å². The van der Waals surface area contributed by atoms with Crippen LogP contribution in [0.2, 0.25) is 0 Å². The molecule has 32 heavy (non-hydrogen) atoms. The van der Waals surface area contributed by atoms with E-state index in [0.717, 1.165) is 34.4 Å². The molecular formula is C24H18B2N6. The summed E-state index contributed by atoms with van der Waals surface area (Å²) in [5, 5.41) is 0. The Morgan fingerprint density at radius 2 is 0.906 bits per heavy atom. The van der Waals surface area contributed by atoms with Gasteiger partial charge in [0.05, 0.1) is 22.7 Å². The standard InChI is InChI=1S/C24H18B2N6/c1-3-11-21-19(9-1)29(25-31(21)23-13-5-7-15-27-23)17-18-30-20-10-2-4-12-22(20)32(26-30)24-14-6-8-16-28-24/h1-18H/b18-17-. The molecule has 6 nitrogen and oxygen atoms in total. The van der Waals surface area contributed by atoms with Crippen molar-refractivity contribution >= 4 is 49.5 Å². The first kappa shape index (κ1) is 18.6. The lowest BCUT2D eigenvalue weighted by atomic mass is 10.1. The first-order valence-corrected chi connectivity index (χ1v) is 10.4. The third-order valence-electron chi connectivity index (χ3n) is 5.50. The molecule has 0 saturated carbocycles. The molecule has 2 aliphatic rings. The highest BCUT2D eigenvalue weighted by molar-refractivity contribution is 6.55. The Morgan fingerprint density at radius 1 is 0.500 bits per heavy atom. The maximum Gasteiger partial charge on any atom is 0.402 e. The molecule has 2 aromatic carbocycles. The summed E-state index contributed by atoms with van der Waals surface area (Å²) in [6.45, 7) is 0. The molecule has 0 N–H and O–H groups in total. The highest BCUT2D eigenvalue weighted by Gasteiger charge is 2.31. The van der Waals surface area contributed by atoms with Crippen molar-refractivity contribution < 1.29 is 0 Å². The van der Waals surface area contributed by atoms with Crippen molar-refractivity contribution in [1.82, 2.24) is 9.97 Å². The van der Waals surface area contributed by atoms with E-state index in [9.17, 15) is 0 Å². The molecule has 0 unspecified atom stereocenters. The molecule has 2 aromatic heterocycles. The van der Waals surface area contributed by atoms with Crippen molar-refractivity contribution in [2.45, 2.75) is 0 Å². The Morgan fingerprint density at radius 3 is 1.31 bits per heavy atom. The maximum atomic E-state index is 4.52. The summed E-state index contributed by atoms with van der Waals surface area (Å²) in [6.07, 6.45) is 7.76. The Hall–Kier alpha value is -4.19. The molecule has 8 heteroatoms. The van der Waals surface area contributed by atoms with E-state index in [4.69, 9.17) is 0 Å². The number of hydrogen-bond acceptors (Lipinski definition) is 6. The van der Waals surface area contributed by atoms with Crippen LogP contribution in [0, 0.1) is 0 Å². The van der Waals surface area contributed by atoms with Gasteiger partial charge in [0, 0.05) is 24.8 Å². The molecule has 2 radical (unpaired) electrons. The van der Waals surface area contributed by atoms with Crippen LogP contribution in [-0.4, -0.2) is 25.1 Å². The SMILES string of the molecule is [B]1N(/C=C\N2[B]N(c3ccccn3)c3ccccc32)c2ccccc2N1c1ccccn1. The molecule has 0 spiro atoms. The van der Waals surface area contributed by atoms with Crippen LogP contribution in [0.15, 0.2) is 110 Å². The molecule has 0 atom stereocenters. The van der Waals surface area contributed by atoms with E-state index >= 15 is 0 Å². The van der Waals surface area contributed by atoms with Crippen molar-refractivity contribution in [2.75, 3.05) is 19.2 Å². The number of fused-ring (bicyclic) bond motifs is 2. The number of aromatic nitrogens is 2. The van der Waals surface area contributed by atoms with Crippen LogP contribution in [0.5, 0.6) is 0 Å². The second kappa shape index (κ2) is 7.81. The molecule has 0 amide bonds. The normalized spacial score (nSPS) is 14.4. The summed E-state index contributed by atoms with van der Waals surface area (Å²) in [6, 6.07) is 28.5. The fourth-order valence-electron chi connectivity index (χ4n) is 4.01. The number of para-hydroxylation sites is 4. The quantitative estimate of drug-likeness (QED) is 0.456. The average molecular weight is 412 g/mol. The fourth-order valence-corrected chi connectivity index (χ4v) is 4.01. The van der Waals surface area contributed by atoms with Gasteiger partial charge >= 0.3 is 15.1 Å². The predicted octanol–water partition coefficient (Wildman–Crippen LogP) is 4.63. The zero-order valence-corrected chi connectivity index (χ0v) is 17.2. The van der Waals surface area contributed by atoms with E-state index in [1.54, 1.807) is 0 Å². The Balaban J connectivity index is 1.30. The first-order chi connectivity index (χ1) is 15.9. The van der Waals surface area contributed by atoms with E-state index < -0.39 is 0 Å². The summed E-state index contributed by atoms with van der Waals surface area (Å²) in [4.78, 5) is 17.5. The molecular weight excluding hydrogens is 394 g/mol. The highest BCUT2D eigenvalue weighted by Crippen LogP contribution is 2.40. The molecule has 150 valence electrons. The first-order valence-electron chi connectivity index (χ1n) is 10.4. The zero-order chi connectivity index (χ0) is 21.3. The van der Waals surface area contributed by atoms with Gasteiger partial charge in [-0.25, -0.2) is 9.97 Å². The van der Waals surface area contributed by atoms with Crippen LogP contribution in [-0.2, 0) is 0 Å². The number of benzene rings is 2. The van der Waals surface area contributed by atoms with Gasteiger partial charge < -0.3 is 19.2 Å². The molecule has 0 aliphatic carbocycles.